The van der Waals surface area contributed by atoms with Gasteiger partial charge in [0.1, 0.15) is 18.0 Å². The molecule has 166 valence electrons. The number of aliphatic carboxylic acids is 1. The van der Waals surface area contributed by atoms with Gasteiger partial charge in [0.05, 0.1) is 8.95 Å². The van der Waals surface area contributed by atoms with E-state index < -0.39 is 37.0 Å². The summed E-state index contributed by atoms with van der Waals surface area (Å²) in [6, 6.07) is 9.64. The predicted octanol–water partition coefficient (Wildman–Crippen LogP) is 3.51. The van der Waals surface area contributed by atoms with E-state index in [1.807, 2.05) is 13.0 Å². The number of halogens is 2. The zero-order valence-corrected chi connectivity index (χ0v) is 19.8. The molecule has 1 aliphatic rings. The Balaban J connectivity index is 1.72. The number of imide groups is 1. The highest BCUT2D eigenvalue weighted by Gasteiger charge is 2.35. The number of carbonyl (C=O) groups excluding carboxylic acids is 3. The van der Waals surface area contributed by atoms with Crippen LogP contribution >= 0.6 is 31.9 Å². The third-order valence-corrected chi connectivity index (χ3v) is 5.42. The number of benzene rings is 2. The molecule has 1 heterocycles. The first-order valence-corrected chi connectivity index (χ1v) is 10.8. The van der Waals surface area contributed by atoms with Gasteiger partial charge in [-0.1, -0.05) is 12.1 Å². The minimum atomic E-state index is -1.12. The van der Waals surface area contributed by atoms with E-state index in [9.17, 15) is 19.2 Å². The van der Waals surface area contributed by atoms with E-state index in [0.29, 0.717) is 20.2 Å². The van der Waals surface area contributed by atoms with Gasteiger partial charge in [-0.05, 0) is 80.3 Å². The number of carboxylic acid groups (broad SMARTS) is 1. The largest absolute Gasteiger partial charge is 0.480 e. The fourth-order valence-corrected chi connectivity index (χ4v) is 4.33. The number of nitrogens with one attached hydrogen (secondary N) is 2. The summed E-state index contributed by atoms with van der Waals surface area (Å²) in [7, 11) is 0. The molecule has 0 spiro atoms. The van der Waals surface area contributed by atoms with Crippen LogP contribution in [0.5, 0.6) is 5.75 Å². The summed E-state index contributed by atoms with van der Waals surface area (Å²) in [5, 5.41) is 13.9. The number of anilines is 1. The average Bonchev–Trinajstić information content (AvgIpc) is 2.94. The molecule has 0 unspecified atom stereocenters. The monoisotopic (exact) mass is 565 g/mol. The van der Waals surface area contributed by atoms with Crippen molar-refractivity contribution in [1.29, 1.82) is 0 Å². The number of carboxylic acids is 1. The maximum Gasteiger partial charge on any atom is 0.341 e. The molecule has 0 aliphatic carbocycles. The first kappa shape index (κ1) is 23.5. The summed E-state index contributed by atoms with van der Waals surface area (Å²) in [5.74, 6) is -2.00. The van der Waals surface area contributed by atoms with Gasteiger partial charge in [-0.15, -0.1) is 0 Å². The van der Waals surface area contributed by atoms with Crippen LogP contribution < -0.4 is 15.4 Å². The van der Waals surface area contributed by atoms with Gasteiger partial charge in [-0.2, -0.15) is 0 Å². The van der Waals surface area contributed by atoms with Crippen LogP contribution in [0.25, 0.3) is 6.08 Å². The van der Waals surface area contributed by atoms with Crippen molar-refractivity contribution in [3.05, 3.63) is 62.2 Å². The lowest BCUT2D eigenvalue weighted by Gasteiger charge is -2.12. The number of nitrogens with zero attached hydrogens (tertiary/aromatic N) is 1. The number of aryl methyl sites for hydroxylation is 1. The Bertz CT molecular complexity index is 1130. The summed E-state index contributed by atoms with van der Waals surface area (Å²) in [6.45, 7) is 0.919. The molecule has 2 aromatic rings. The first-order chi connectivity index (χ1) is 15.1. The van der Waals surface area contributed by atoms with Crippen molar-refractivity contribution in [2.24, 2.45) is 0 Å². The molecule has 0 saturated carbocycles. The minimum absolute atomic E-state index is 0.00337. The van der Waals surface area contributed by atoms with E-state index in [-0.39, 0.29) is 11.4 Å². The Morgan fingerprint density at radius 2 is 1.88 bits per heavy atom. The standard InChI is InChI=1S/C21H17Br2N3O6/c1-11-3-2-4-13(5-11)24-17(27)9-26-20(30)16(25-21(26)31)8-12-6-14(22)19(15(23)7-12)32-10-18(28)29/h2-8H,9-10H2,1H3,(H,24,27)(H,25,31)(H,28,29)/b16-8+. The zero-order valence-electron chi connectivity index (χ0n) is 16.6. The van der Waals surface area contributed by atoms with Gasteiger partial charge in [-0.3, -0.25) is 9.59 Å². The average molecular weight is 567 g/mol. The van der Waals surface area contributed by atoms with Crippen LogP contribution in [0, 0.1) is 6.92 Å². The van der Waals surface area contributed by atoms with E-state index in [1.54, 1.807) is 30.3 Å². The van der Waals surface area contributed by atoms with Crippen LogP contribution in [-0.4, -0.2) is 47.0 Å². The molecule has 1 aliphatic heterocycles. The van der Waals surface area contributed by atoms with Gasteiger partial charge in [-0.25, -0.2) is 14.5 Å². The number of carbonyl (C=O) groups is 4. The summed E-state index contributed by atoms with van der Waals surface area (Å²) in [5.41, 5.74) is 2.05. The predicted molar refractivity (Wildman–Crippen MR) is 123 cm³/mol. The number of hydrogen-bond donors (Lipinski definition) is 3. The van der Waals surface area contributed by atoms with Crippen LogP contribution in [0.15, 0.2) is 51.0 Å². The molecular weight excluding hydrogens is 550 g/mol. The normalized spacial score (nSPS) is 14.5. The molecule has 0 atom stereocenters. The van der Waals surface area contributed by atoms with Crippen LogP contribution in [0.1, 0.15) is 11.1 Å². The first-order valence-electron chi connectivity index (χ1n) is 9.18. The van der Waals surface area contributed by atoms with Crippen molar-refractivity contribution >= 4 is 67.4 Å². The van der Waals surface area contributed by atoms with Gasteiger partial charge in [0.15, 0.2) is 6.61 Å². The van der Waals surface area contributed by atoms with Crippen LogP contribution in [0.2, 0.25) is 0 Å². The Kier molecular flexibility index (Phi) is 7.31. The molecule has 2 aromatic carbocycles. The summed E-state index contributed by atoms with van der Waals surface area (Å²) in [4.78, 5) is 48.7. The molecule has 32 heavy (non-hydrogen) atoms. The van der Waals surface area contributed by atoms with Gasteiger partial charge in [0, 0.05) is 5.69 Å². The molecule has 1 saturated heterocycles. The summed E-state index contributed by atoms with van der Waals surface area (Å²) < 4.78 is 6.11. The van der Waals surface area contributed by atoms with Gasteiger partial charge >= 0.3 is 12.0 Å². The highest BCUT2D eigenvalue weighted by molar-refractivity contribution is 9.11. The molecule has 0 bridgehead atoms. The third-order valence-electron chi connectivity index (χ3n) is 4.24. The lowest BCUT2D eigenvalue weighted by atomic mass is 10.2. The van der Waals surface area contributed by atoms with E-state index in [1.165, 1.54) is 6.08 Å². The third kappa shape index (κ3) is 5.74. The molecule has 11 heteroatoms. The van der Waals surface area contributed by atoms with E-state index in [2.05, 4.69) is 42.5 Å². The van der Waals surface area contributed by atoms with E-state index in [4.69, 9.17) is 9.84 Å². The van der Waals surface area contributed by atoms with Crippen LogP contribution in [0.3, 0.4) is 0 Å². The highest BCUT2D eigenvalue weighted by Crippen LogP contribution is 2.35. The van der Waals surface area contributed by atoms with Crippen molar-refractivity contribution < 1.29 is 29.0 Å². The van der Waals surface area contributed by atoms with E-state index in [0.717, 1.165) is 10.5 Å². The molecule has 4 amide bonds. The zero-order chi connectivity index (χ0) is 23.4. The summed E-state index contributed by atoms with van der Waals surface area (Å²) in [6.07, 6.45) is 1.44. The summed E-state index contributed by atoms with van der Waals surface area (Å²) >= 11 is 6.59. The fraction of sp³-hybridized carbons (Fsp3) is 0.143. The number of urea groups is 1. The van der Waals surface area contributed by atoms with Crippen LogP contribution in [-0.2, 0) is 14.4 Å². The number of ether oxygens (including phenoxy) is 1. The highest BCUT2D eigenvalue weighted by atomic mass is 79.9. The SMILES string of the molecule is Cc1cccc(NC(=O)CN2C(=O)N/C(=C/c3cc(Br)c(OCC(=O)O)c(Br)c3)C2=O)c1. The van der Waals surface area contributed by atoms with Crippen molar-refractivity contribution in [1.82, 2.24) is 10.2 Å². The maximum absolute atomic E-state index is 12.7. The fourth-order valence-electron chi connectivity index (χ4n) is 2.88. The van der Waals surface area contributed by atoms with Gasteiger partial charge in [0.25, 0.3) is 5.91 Å². The van der Waals surface area contributed by atoms with Crippen molar-refractivity contribution in [3.63, 3.8) is 0 Å². The van der Waals surface area contributed by atoms with Crippen molar-refractivity contribution in [2.45, 2.75) is 6.92 Å². The Labute approximate surface area is 199 Å². The molecule has 3 N–H and O–H groups in total. The van der Waals surface area contributed by atoms with Crippen molar-refractivity contribution in [2.75, 3.05) is 18.5 Å². The Morgan fingerprint density at radius 3 is 2.50 bits per heavy atom. The Hall–Kier alpha value is -3.18. The molecular formula is C21H17Br2N3O6. The quantitative estimate of drug-likeness (QED) is 0.348. The van der Waals surface area contributed by atoms with Gasteiger partial charge < -0.3 is 20.5 Å². The number of hydrogen-bond acceptors (Lipinski definition) is 5. The maximum atomic E-state index is 12.7. The number of amides is 4. The van der Waals surface area contributed by atoms with Gasteiger partial charge in [0.2, 0.25) is 5.91 Å². The second kappa shape index (κ2) is 9.96. The molecule has 3 rings (SSSR count). The topological polar surface area (TPSA) is 125 Å². The molecule has 0 radical (unpaired) electrons. The molecule has 9 nitrogen and oxygen atoms in total. The minimum Gasteiger partial charge on any atom is -0.480 e. The number of rotatable bonds is 7. The smallest absolute Gasteiger partial charge is 0.341 e. The van der Waals surface area contributed by atoms with Crippen LogP contribution in [0.4, 0.5) is 10.5 Å². The lowest BCUT2D eigenvalue weighted by molar-refractivity contribution is -0.139. The Morgan fingerprint density at radius 1 is 1.19 bits per heavy atom. The lowest BCUT2D eigenvalue weighted by Crippen LogP contribution is -2.38. The van der Waals surface area contributed by atoms with Crippen molar-refractivity contribution in [3.8, 4) is 5.75 Å². The molecule has 1 fully saturated rings. The second-order valence-corrected chi connectivity index (χ2v) is 8.50. The van der Waals surface area contributed by atoms with E-state index >= 15 is 0 Å². The molecule has 0 aromatic heterocycles. The second-order valence-electron chi connectivity index (χ2n) is 6.79.